The molecule has 2 atom stereocenters. The van der Waals surface area contributed by atoms with Crippen molar-refractivity contribution in [2.45, 2.75) is 25.6 Å². The van der Waals surface area contributed by atoms with E-state index < -0.39 is 35.4 Å². The monoisotopic (exact) mass is 634 g/mol. The molecule has 0 aliphatic carbocycles. The molecule has 15 heteroatoms. The Kier molecular flexibility index (Phi) is 9.76. The smallest absolute Gasteiger partial charge is 0.201 e. The number of pyridine rings is 1. The predicted octanol–water partition coefficient (Wildman–Crippen LogP) is 4.31. The molecule has 3 N–H and O–H groups in total. The maximum absolute atomic E-state index is 15.9. The second-order valence-electron chi connectivity index (χ2n) is 10.1. The van der Waals surface area contributed by atoms with Gasteiger partial charge in [0.05, 0.1) is 19.3 Å². The van der Waals surface area contributed by atoms with Gasteiger partial charge in [0.15, 0.2) is 17.5 Å². The number of fused-ring (bicyclic) bond motifs is 1. The lowest BCUT2D eigenvalue weighted by atomic mass is 9.97. The molecule has 1 aliphatic rings. The third-order valence-corrected chi connectivity index (χ3v) is 7.65. The molecule has 2 unspecified atom stereocenters. The van der Waals surface area contributed by atoms with Gasteiger partial charge in [0.2, 0.25) is 10.9 Å². The van der Waals surface area contributed by atoms with Crippen LogP contribution in [-0.2, 0) is 15.6 Å². The van der Waals surface area contributed by atoms with Crippen LogP contribution in [0.15, 0.2) is 42.6 Å². The quantitative estimate of drug-likeness (QED) is 0.163. The molecule has 44 heavy (non-hydrogen) atoms. The van der Waals surface area contributed by atoms with Crippen LogP contribution in [0.2, 0.25) is 0 Å². The number of nitrogens with zero attached hydrogens (tertiary/aromatic N) is 4. The van der Waals surface area contributed by atoms with Crippen LogP contribution in [-0.4, -0.2) is 69.0 Å². The topological polar surface area (TPSA) is 133 Å². The SMILES string of the molecule is CC1COCCN1c1nc(-c2cnc(N)c(F)c2)nc2c(OCCF)cc(-c3cccc(C(F)CCN[SH](=O)=O)c3F)cc12. The van der Waals surface area contributed by atoms with E-state index in [-0.39, 0.29) is 70.8 Å². The van der Waals surface area contributed by atoms with Gasteiger partial charge in [0.1, 0.15) is 42.4 Å². The fourth-order valence-corrected chi connectivity index (χ4v) is 5.32. The lowest BCUT2D eigenvalue weighted by molar-refractivity contribution is 0.0987. The van der Waals surface area contributed by atoms with Crippen LogP contribution in [0.5, 0.6) is 5.75 Å². The average Bonchev–Trinajstić information content (AvgIpc) is 3.00. The molecule has 4 aromatic rings. The Hall–Kier alpha value is -4.08. The normalized spacial score (nSPS) is 16.0. The summed E-state index contributed by atoms with van der Waals surface area (Å²) in [6.07, 6.45) is -0.728. The summed E-state index contributed by atoms with van der Waals surface area (Å²) in [5.41, 5.74) is 6.14. The molecule has 0 bridgehead atoms. The summed E-state index contributed by atoms with van der Waals surface area (Å²) in [5, 5.41) is 0.433. The summed E-state index contributed by atoms with van der Waals surface area (Å²) in [5.74, 6) is -1.25. The lowest BCUT2D eigenvalue weighted by Gasteiger charge is -2.35. The Bertz CT molecular complexity index is 1740. The summed E-state index contributed by atoms with van der Waals surface area (Å²) in [7, 11) is -2.91. The zero-order valence-electron chi connectivity index (χ0n) is 23.6. The number of alkyl halides is 2. The molecular formula is C29H30F4N6O4S. The van der Waals surface area contributed by atoms with Gasteiger partial charge in [-0.15, -0.1) is 0 Å². The number of nitrogens with one attached hydrogen (secondary N) is 1. The highest BCUT2D eigenvalue weighted by Crippen LogP contribution is 2.40. The molecular weight excluding hydrogens is 604 g/mol. The van der Waals surface area contributed by atoms with Crippen molar-refractivity contribution in [3.8, 4) is 28.3 Å². The number of halogens is 4. The van der Waals surface area contributed by atoms with Crippen LogP contribution in [0.3, 0.4) is 0 Å². The number of morpholine rings is 1. The number of nitrogen functional groups attached to an aromatic ring is 1. The Balaban J connectivity index is 1.70. The third-order valence-electron chi connectivity index (χ3n) is 7.16. The number of aromatic nitrogens is 3. The fraction of sp³-hybridized carbons (Fsp3) is 0.345. The first kappa shape index (κ1) is 31.3. The number of thiol groups is 1. The van der Waals surface area contributed by atoms with Crippen molar-refractivity contribution in [3.63, 3.8) is 0 Å². The number of benzene rings is 2. The second-order valence-corrected chi connectivity index (χ2v) is 10.9. The molecule has 0 spiro atoms. The molecule has 2 aromatic heterocycles. The molecule has 1 saturated heterocycles. The van der Waals surface area contributed by atoms with Crippen molar-refractivity contribution in [1.82, 2.24) is 19.7 Å². The van der Waals surface area contributed by atoms with Gasteiger partial charge in [-0.1, -0.05) is 18.2 Å². The van der Waals surface area contributed by atoms with E-state index in [4.69, 9.17) is 20.2 Å². The number of rotatable bonds is 11. The van der Waals surface area contributed by atoms with Crippen molar-refractivity contribution in [3.05, 3.63) is 59.8 Å². The summed E-state index contributed by atoms with van der Waals surface area (Å²) < 4.78 is 93.6. The third kappa shape index (κ3) is 6.69. The fourth-order valence-electron chi connectivity index (χ4n) is 5.01. The zero-order chi connectivity index (χ0) is 31.4. The van der Waals surface area contributed by atoms with E-state index in [1.807, 2.05) is 11.8 Å². The van der Waals surface area contributed by atoms with E-state index >= 15 is 8.78 Å². The summed E-state index contributed by atoms with van der Waals surface area (Å²) in [6.45, 7) is 1.83. The minimum Gasteiger partial charge on any atom is -0.489 e. The number of nitrogens with two attached hydrogens (primary N) is 1. The average molecular weight is 635 g/mol. The van der Waals surface area contributed by atoms with E-state index in [9.17, 15) is 17.2 Å². The Morgan fingerprint density at radius 2 is 2.02 bits per heavy atom. The van der Waals surface area contributed by atoms with Crippen molar-refractivity contribution in [2.24, 2.45) is 0 Å². The van der Waals surface area contributed by atoms with Gasteiger partial charge in [-0.05, 0) is 37.1 Å². The predicted molar refractivity (Wildman–Crippen MR) is 158 cm³/mol. The molecule has 10 nitrogen and oxygen atoms in total. The first-order valence-corrected chi connectivity index (χ1v) is 15.0. The summed E-state index contributed by atoms with van der Waals surface area (Å²) in [6, 6.07) is 8.38. The van der Waals surface area contributed by atoms with Gasteiger partial charge in [0.25, 0.3) is 0 Å². The number of hydrogen-bond donors (Lipinski definition) is 3. The molecule has 0 amide bonds. The number of anilines is 2. The van der Waals surface area contributed by atoms with Gasteiger partial charge >= 0.3 is 0 Å². The summed E-state index contributed by atoms with van der Waals surface area (Å²) >= 11 is 0. The number of ether oxygens (including phenoxy) is 2. The molecule has 1 fully saturated rings. The maximum atomic E-state index is 15.9. The van der Waals surface area contributed by atoms with Crippen LogP contribution in [0.1, 0.15) is 25.1 Å². The number of hydrogen-bond acceptors (Lipinski definition) is 9. The van der Waals surface area contributed by atoms with E-state index in [1.54, 1.807) is 6.07 Å². The van der Waals surface area contributed by atoms with Crippen LogP contribution in [0, 0.1) is 11.6 Å². The van der Waals surface area contributed by atoms with Crippen LogP contribution in [0.25, 0.3) is 33.4 Å². The van der Waals surface area contributed by atoms with Crippen LogP contribution in [0.4, 0.5) is 29.2 Å². The highest BCUT2D eigenvalue weighted by atomic mass is 32.2. The van der Waals surface area contributed by atoms with Gasteiger partial charge in [-0.25, -0.2) is 45.7 Å². The first-order valence-electron chi connectivity index (χ1n) is 13.8. The standard InChI is InChI=1S/C29H30F4N6O4S/c1-16-15-42-10-8-39(16)29-21-11-17(19-3-2-4-20(25(19)33)22(31)5-7-36-44(40)41)13-24(43-9-6-30)26(21)37-28(38-29)18-12-23(32)27(34)35-14-18/h2-4,11-14,16,22,44H,5-10,15H2,1H3,(H2,34,35)(H,36,40,41). The molecule has 0 radical (unpaired) electrons. The molecule has 5 rings (SSSR count). The molecule has 0 saturated carbocycles. The molecule has 234 valence electrons. The molecule has 1 aliphatic heterocycles. The first-order chi connectivity index (χ1) is 21.2. The highest BCUT2D eigenvalue weighted by Gasteiger charge is 2.26. The van der Waals surface area contributed by atoms with Crippen LogP contribution >= 0.6 is 0 Å². The van der Waals surface area contributed by atoms with E-state index in [1.165, 1.54) is 30.5 Å². The Morgan fingerprint density at radius 3 is 2.75 bits per heavy atom. The Morgan fingerprint density at radius 1 is 1.20 bits per heavy atom. The zero-order valence-corrected chi connectivity index (χ0v) is 24.5. The van der Waals surface area contributed by atoms with E-state index in [2.05, 4.69) is 14.7 Å². The minimum atomic E-state index is -2.91. The molecule has 3 heterocycles. The van der Waals surface area contributed by atoms with E-state index in [0.29, 0.717) is 31.0 Å². The van der Waals surface area contributed by atoms with Crippen molar-refractivity contribution < 1.29 is 35.5 Å². The largest absolute Gasteiger partial charge is 0.489 e. The van der Waals surface area contributed by atoms with Gasteiger partial charge in [0, 0.05) is 41.4 Å². The highest BCUT2D eigenvalue weighted by molar-refractivity contribution is 7.70. The van der Waals surface area contributed by atoms with Gasteiger partial charge in [-0.2, -0.15) is 0 Å². The van der Waals surface area contributed by atoms with Crippen LogP contribution < -0.4 is 20.1 Å². The van der Waals surface area contributed by atoms with Gasteiger partial charge in [-0.3, -0.25) is 0 Å². The van der Waals surface area contributed by atoms with Crippen molar-refractivity contribution in [2.75, 3.05) is 50.2 Å². The maximum Gasteiger partial charge on any atom is 0.201 e. The second kappa shape index (κ2) is 13.7. The van der Waals surface area contributed by atoms with Crippen molar-refractivity contribution >= 4 is 33.4 Å². The Labute approximate surface area is 252 Å². The molecule has 2 aromatic carbocycles. The summed E-state index contributed by atoms with van der Waals surface area (Å²) in [4.78, 5) is 15.2. The lowest BCUT2D eigenvalue weighted by Crippen LogP contribution is -2.44. The van der Waals surface area contributed by atoms with E-state index in [0.717, 1.165) is 6.07 Å². The minimum absolute atomic E-state index is 0.0369. The van der Waals surface area contributed by atoms with Gasteiger partial charge < -0.3 is 20.1 Å². The van der Waals surface area contributed by atoms with Crippen molar-refractivity contribution in [1.29, 1.82) is 0 Å².